The van der Waals surface area contributed by atoms with Gasteiger partial charge in [0, 0.05) is 29.0 Å². The second-order valence-electron chi connectivity index (χ2n) is 3.93. The Morgan fingerprint density at radius 1 is 1.53 bits per heavy atom. The lowest BCUT2D eigenvalue weighted by Crippen LogP contribution is -2.28. The predicted octanol–water partition coefficient (Wildman–Crippen LogP) is 4.19. The molecule has 0 spiro atoms. The molecule has 1 rings (SSSR count). The highest BCUT2D eigenvalue weighted by Gasteiger charge is 2.13. The molecule has 0 aliphatic heterocycles. The van der Waals surface area contributed by atoms with Gasteiger partial charge in [-0.15, -0.1) is 11.6 Å². The van der Waals surface area contributed by atoms with Crippen molar-refractivity contribution in [2.45, 2.75) is 18.7 Å². The number of hydrogen-bond acceptors (Lipinski definition) is 1. The van der Waals surface area contributed by atoms with Crippen molar-refractivity contribution in [3.63, 3.8) is 0 Å². The van der Waals surface area contributed by atoms with Crippen LogP contribution in [0.15, 0.2) is 22.7 Å². The number of hydrogen-bond donors (Lipinski definition) is 0. The topological polar surface area (TPSA) is 20.3 Å². The van der Waals surface area contributed by atoms with Gasteiger partial charge in [0.15, 0.2) is 0 Å². The number of benzene rings is 1. The average Bonchev–Trinajstić information content (AvgIpc) is 2.28. The average molecular weight is 339 g/mol. The molecule has 0 heterocycles. The molecule has 0 aliphatic carbocycles. The Morgan fingerprint density at radius 2 is 2.18 bits per heavy atom. The van der Waals surface area contributed by atoms with E-state index in [0.29, 0.717) is 17.1 Å². The van der Waals surface area contributed by atoms with E-state index >= 15 is 0 Å². The molecule has 94 valence electrons. The number of halogens is 3. The highest BCUT2D eigenvalue weighted by molar-refractivity contribution is 9.10. The summed E-state index contributed by atoms with van der Waals surface area (Å²) in [6.45, 7) is 2.55. The summed E-state index contributed by atoms with van der Waals surface area (Å²) >= 11 is 15.1. The lowest BCUT2D eigenvalue weighted by Gasteiger charge is -2.18. The SMILES string of the molecule is CC(Cl)CCN(C)C(=O)c1ccc(Br)c(Cl)c1. The molecule has 0 bridgehead atoms. The van der Waals surface area contributed by atoms with Crippen molar-refractivity contribution in [3.8, 4) is 0 Å². The second kappa shape index (κ2) is 6.62. The molecular weight excluding hydrogens is 325 g/mol. The second-order valence-corrected chi connectivity index (χ2v) is 5.93. The van der Waals surface area contributed by atoms with Crippen LogP contribution in [-0.4, -0.2) is 29.8 Å². The molecular formula is C12H14BrCl2NO. The van der Waals surface area contributed by atoms with Gasteiger partial charge in [-0.1, -0.05) is 11.6 Å². The summed E-state index contributed by atoms with van der Waals surface area (Å²) in [5.41, 5.74) is 0.586. The maximum Gasteiger partial charge on any atom is 0.253 e. The third-order valence-electron chi connectivity index (χ3n) is 2.38. The molecule has 1 atom stereocenters. The third kappa shape index (κ3) is 4.49. The molecule has 0 saturated heterocycles. The molecule has 0 saturated carbocycles. The number of carbonyl (C=O) groups excluding carboxylic acids is 1. The molecule has 0 aromatic heterocycles. The van der Waals surface area contributed by atoms with Crippen LogP contribution in [0.1, 0.15) is 23.7 Å². The van der Waals surface area contributed by atoms with Crippen LogP contribution in [0.5, 0.6) is 0 Å². The normalized spacial score (nSPS) is 12.3. The molecule has 1 unspecified atom stereocenters. The van der Waals surface area contributed by atoms with Crippen molar-refractivity contribution in [1.29, 1.82) is 0 Å². The van der Waals surface area contributed by atoms with Gasteiger partial charge in [-0.05, 0) is 47.5 Å². The molecule has 0 radical (unpaired) electrons. The van der Waals surface area contributed by atoms with Gasteiger partial charge in [0.2, 0.25) is 0 Å². The minimum absolute atomic E-state index is 0.0447. The fourth-order valence-corrected chi connectivity index (χ4v) is 1.85. The summed E-state index contributed by atoms with van der Waals surface area (Å²) in [5.74, 6) is -0.0447. The summed E-state index contributed by atoms with van der Waals surface area (Å²) in [5, 5.41) is 0.605. The van der Waals surface area contributed by atoms with E-state index in [4.69, 9.17) is 23.2 Å². The molecule has 1 aromatic carbocycles. The smallest absolute Gasteiger partial charge is 0.253 e. The summed E-state index contributed by atoms with van der Waals surface area (Å²) in [6, 6.07) is 5.18. The number of alkyl halides is 1. The number of rotatable bonds is 4. The Hall–Kier alpha value is -0.250. The first kappa shape index (κ1) is 14.8. The van der Waals surface area contributed by atoms with Crippen molar-refractivity contribution < 1.29 is 4.79 Å². The molecule has 0 fully saturated rings. The summed E-state index contributed by atoms with van der Waals surface area (Å²) in [7, 11) is 1.76. The quantitative estimate of drug-likeness (QED) is 0.754. The highest BCUT2D eigenvalue weighted by Crippen LogP contribution is 2.23. The Bertz CT molecular complexity index is 409. The summed E-state index contributed by atoms with van der Waals surface area (Å²) in [6.07, 6.45) is 0.772. The molecule has 0 N–H and O–H groups in total. The maximum atomic E-state index is 12.0. The Kier molecular flexibility index (Phi) is 5.77. The zero-order valence-corrected chi connectivity index (χ0v) is 12.8. The van der Waals surface area contributed by atoms with Crippen molar-refractivity contribution in [3.05, 3.63) is 33.3 Å². The largest absolute Gasteiger partial charge is 0.342 e. The van der Waals surface area contributed by atoms with E-state index in [1.54, 1.807) is 30.1 Å². The van der Waals surface area contributed by atoms with E-state index in [9.17, 15) is 4.79 Å². The van der Waals surface area contributed by atoms with Crippen molar-refractivity contribution in [2.24, 2.45) is 0 Å². The predicted molar refractivity (Wildman–Crippen MR) is 76.0 cm³/mol. The van der Waals surface area contributed by atoms with E-state index in [-0.39, 0.29) is 11.3 Å². The zero-order chi connectivity index (χ0) is 13.0. The van der Waals surface area contributed by atoms with E-state index in [2.05, 4.69) is 15.9 Å². The highest BCUT2D eigenvalue weighted by atomic mass is 79.9. The van der Waals surface area contributed by atoms with E-state index in [1.165, 1.54) is 0 Å². The van der Waals surface area contributed by atoms with Crippen molar-refractivity contribution >= 4 is 45.0 Å². The van der Waals surface area contributed by atoms with Crippen LogP contribution >= 0.6 is 39.1 Å². The van der Waals surface area contributed by atoms with Gasteiger partial charge < -0.3 is 4.90 Å². The Balaban J connectivity index is 2.71. The first-order valence-corrected chi connectivity index (χ1v) is 6.87. The van der Waals surface area contributed by atoms with Crippen LogP contribution in [0.3, 0.4) is 0 Å². The van der Waals surface area contributed by atoms with Crippen LogP contribution in [0.4, 0.5) is 0 Å². The lowest BCUT2D eigenvalue weighted by atomic mass is 10.2. The van der Waals surface area contributed by atoms with Gasteiger partial charge in [-0.25, -0.2) is 0 Å². The molecule has 17 heavy (non-hydrogen) atoms. The third-order valence-corrected chi connectivity index (χ3v) is 3.83. The fourth-order valence-electron chi connectivity index (χ4n) is 1.32. The van der Waals surface area contributed by atoms with Crippen molar-refractivity contribution in [2.75, 3.05) is 13.6 Å². The molecule has 5 heteroatoms. The van der Waals surface area contributed by atoms with Gasteiger partial charge in [0.1, 0.15) is 0 Å². The van der Waals surface area contributed by atoms with Crippen LogP contribution < -0.4 is 0 Å². The number of amides is 1. The zero-order valence-electron chi connectivity index (χ0n) is 9.71. The monoisotopic (exact) mass is 337 g/mol. The fraction of sp³-hybridized carbons (Fsp3) is 0.417. The minimum Gasteiger partial charge on any atom is -0.342 e. The number of carbonyl (C=O) groups is 1. The van der Waals surface area contributed by atoms with Crippen LogP contribution in [0.25, 0.3) is 0 Å². The molecule has 1 amide bonds. The summed E-state index contributed by atoms with van der Waals surface area (Å²) in [4.78, 5) is 13.7. The maximum absolute atomic E-state index is 12.0. The van der Waals surface area contributed by atoms with E-state index < -0.39 is 0 Å². The lowest BCUT2D eigenvalue weighted by molar-refractivity contribution is 0.0793. The van der Waals surface area contributed by atoms with E-state index in [1.807, 2.05) is 6.92 Å². The van der Waals surface area contributed by atoms with Crippen LogP contribution in [0.2, 0.25) is 5.02 Å². The van der Waals surface area contributed by atoms with Gasteiger partial charge in [-0.2, -0.15) is 0 Å². The van der Waals surface area contributed by atoms with Gasteiger partial charge in [-0.3, -0.25) is 4.79 Å². The molecule has 1 aromatic rings. The van der Waals surface area contributed by atoms with Crippen LogP contribution in [0, 0.1) is 0 Å². The number of nitrogens with zero attached hydrogens (tertiary/aromatic N) is 1. The van der Waals surface area contributed by atoms with Gasteiger partial charge in [0.05, 0.1) is 5.02 Å². The van der Waals surface area contributed by atoms with Crippen LogP contribution in [-0.2, 0) is 0 Å². The minimum atomic E-state index is -0.0447. The standard InChI is InChI=1S/C12H14BrCl2NO/c1-8(14)5-6-16(2)12(17)9-3-4-10(13)11(15)7-9/h3-4,7-8H,5-6H2,1-2H3. The first-order valence-electron chi connectivity index (χ1n) is 5.26. The van der Waals surface area contributed by atoms with Gasteiger partial charge >= 0.3 is 0 Å². The van der Waals surface area contributed by atoms with Gasteiger partial charge in [0.25, 0.3) is 5.91 Å². The molecule has 2 nitrogen and oxygen atoms in total. The van der Waals surface area contributed by atoms with E-state index in [0.717, 1.165) is 10.9 Å². The Morgan fingerprint density at radius 3 is 2.71 bits per heavy atom. The molecule has 0 aliphatic rings. The first-order chi connectivity index (χ1) is 7.91. The van der Waals surface area contributed by atoms with Crippen molar-refractivity contribution in [1.82, 2.24) is 4.90 Å². The Labute approximate surface area is 120 Å². The summed E-state index contributed by atoms with van der Waals surface area (Å²) < 4.78 is 0.785.